The van der Waals surface area contributed by atoms with Crippen molar-refractivity contribution in [3.63, 3.8) is 0 Å². The molecule has 0 unspecified atom stereocenters. The lowest BCUT2D eigenvalue weighted by molar-refractivity contribution is -0.155. The summed E-state index contributed by atoms with van der Waals surface area (Å²) in [5.74, 6) is -0.448. The van der Waals surface area contributed by atoms with Gasteiger partial charge >= 0.3 is 5.97 Å². The Kier molecular flexibility index (Phi) is 7.63. The number of amides is 1. The molecular weight excluding hydrogens is 392 g/mol. The minimum Gasteiger partial charge on any atom is -0.482 e. The van der Waals surface area contributed by atoms with Gasteiger partial charge in [-0.25, -0.2) is 4.79 Å². The first kappa shape index (κ1) is 22.3. The van der Waals surface area contributed by atoms with E-state index in [1.54, 1.807) is 24.3 Å². The van der Waals surface area contributed by atoms with Crippen LogP contribution in [0.1, 0.15) is 43.4 Å². The first-order chi connectivity index (χ1) is 13.7. The second-order valence-electron chi connectivity index (χ2n) is 6.90. The number of halogens is 1. The number of anilines is 1. The minimum absolute atomic E-state index is 0.160. The number of carbonyl (C=O) groups excluding carboxylic acids is 2. The fraction of sp³-hybridized carbons (Fsp3) is 0.318. The molecule has 2 rings (SSSR count). The molecule has 0 spiro atoms. The summed E-state index contributed by atoms with van der Waals surface area (Å²) in [6.45, 7) is 6.99. The van der Waals surface area contributed by atoms with Gasteiger partial charge in [0, 0.05) is 10.7 Å². The van der Waals surface area contributed by atoms with Crippen LogP contribution in [0.4, 0.5) is 5.69 Å². The number of hydrogen-bond donors (Lipinski definition) is 1. The number of hydrogen-bond acceptors (Lipinski definition) is 5. The van der Waals surface area contributed by atoms with Gasteiger partial charge in [-0.2, -0.15) is 5.26 Å². The fourth-order valence-electron chi connectivity index (χ4n) is 2.58. The molecule has 0 saturated carbocycles. The van der Waals surface area contributed by atoms with Gasteiger partial charge in [0.05, 0.1) is 11.6 Å². The topological polar surface area (TPSA) is 88.4 Å². The number of carbonyl (C=O) groups is 2. The van der Waals surface area contributed by atoms with E-state index in [4.69, 9.17) is 26.3 Å². The van der Waals surface area contributed by atoms with Gasteiger partial charge in [-0.05, 0) is 61.2 Å². The van der Waals surface area contributed by atoms with E-state index in [-0.39, 0.29) is 12.5 Å². The highest BCUT2D eigenvalue weighted by atomic mass is 35.5. The third-order valence-corrected chi connectivity index (χ3v) is 4.60. The van der Waals surface area contributed by atoms with Crippen molar-refractivity contribution in [2.24, 2.45) is 0 Å². The molecule has 7 heteroatoms. The van der Waals surface area contributed by atoms with Crippen LogP contribution >= 0.6 is 11.6 Å². The van der Waals surface area contributed by atoms with Crippen LogP contribution in [0.25, 0.3) is 0 Å². The Bertz CT molecular complexity index is 950. The maximum Gasteiger partial charge on any atom is 0.344 e. The van der Waals surface area contributed by atoms with Crippen LogP contribution in [-0.2, 0) is 14.3 Å². The average molecular weight is 415 g/mol. The molecule has 0 aliphatic rings. The summed E-state index contributed by atoms with van der Waals surface area (Å²) >= 11 is 6.17. The zero-order chi connectivity index (χ0) is 21.6. The molecular formula is C22H23ClN2O4. The molecule has 1 N–H and O–H groups in total. The summed E-state index contributed by atoms with van der Waals surface area (Å²) in [7, 11) is 0. The number of ether oxygens (including phenoxy) is 2. The largest absolute Gasteiger partial charge is 0.482 e. The third-order valence-electron chi connectivity index (χ3n) is 4.20. The quantitative estimate of drug-likeness (QED) is 0.669. The van der Waals surface area contributed by atoms with Gasteiger partial charge in [0.15, 0.2) is 12.7 Å². The Hall–Kier alpha value is -3.04. The zero-order valence-electron chi connectivity index (χ0n) is 16.8. The standard InChI is InChI=1S/C22H23ClN2O4/c1-13(2)18-10-19(23)14(3)8-20(18)28-12-21(26)29-15(4)22(27)25-17-7-5-6-16(9-17)11-24/h5-10,13,15H,12H2,1-4H3,(H,25,27)/t15-/m0/s1. The number of esters is 1. The molecule has 0 aromatic heterocycles. The van der Waals surface area contributed by atoms with Crippen molar-refractivity contribution >= 4 is 29.2 Å². The van der Waals surface area contributed by atoms with E-state index in [1.165, 1.54) is 13.0 Å². The molecule has 152 valence electrons. The number of aryl methyl sites for hydroxylation is 1. The van der Waals surface area contributed by atoms with Crippen LogP contribution in [0, 0.1) is 18.3 Å². The van der Waals surface area contributed by atoms with E-state index in [2.05, 4.69) is 5.32 Å². The molecule has 0 saturated heterocycles. The Morgan fingerprint density at radius 2 is 1.93 bits per heavy atom. The highest BCUT2D eigenvalue weighted by Crippen LogP contribution is 2.32. The molecule has 6 nitrogen and oxygen atoms in total. The third kappa shape index (κ3) is 6.23. The van der Waals surface area contributed by atoms with Crippen molar-refractivity contribution < 1.29 is 19.1 Å². The van der Waals surface area contributed by atoms with Gasteiger partial charge in [-0.1, -0.05) is 31.5 Å². The molecule has 0 bridgehead atoms. The maximum absolute atomic E-state index is 12.2. The van der Waals surface area contributed by atoms with Gasteiger partial charge in [0.2, 0.25) is 0 Å². The predicted octanol–water partition coefficient (Wildman–Crippen LogP) is 4.59. The number of benzene rings is 2. The monoisotopic (exact) mass is 414 g/mol. The summed E-state index contributed by atoms with van der Waals surface area (Å²) < 4.78 is 10.8. The van der Waals surface area contributed by atoms with E-state index in [0.29, 0.717) is 22.0 Å². The fourth-order valence-corrected chi connectivity index (χ4v) is 2.75. The molecule has 29 heavy (non-hydrogen) atoms. The van der Waals surface area contributed by atoms with Crippen molar-refractivity contribution in [1.29, 1.82) is 5.26 Å². The zero-order valence-corrected chi connectivity index (χ0v) is 17.5. The molecule has 2 aromatic carbocycles. The van der Waals surface area contributed by atoms with Gasteiger partial charge in [0.25, 0.3) is 5.91 Å². The summed E-state index contributed by atoms with van der Waals surface area (Å²) in [6, 6.07) is 12.1. The second kappa shape index (κ2) is 9.94. The van der Waals surface area contributed by atoms with Crippen molar-refractivity contribution in [3.05, 3.63) is 58.1 Å². The lowest BCUT2D eigenvalue weighted by atomic mass is 10.0. The number of nitrogens with zero attached hydrogens (tertiary/aromatic N) is 1. The van der Waals surface area contributed by atoms with E-state index in [0.717, 1.165) is 11.1 Å². The summed E-state index contributed by atoms with van der Waals surface area (Å²) in [4.78, 5) is 24.3. The molecule has 0 aliphatic carbocycles. The summed E-state index contributed by atoms with van der Waals surface area (Å²) in [6.07, 6.45) is -1.02. The number of nitrogens with one attached hydrogen (secondary N) is 1. The Morgan fingerprint density at radius 3 is 2.59 bits per heavy atom. The first-order valence-electron chi connectivity index (χ1n) is 9.14. The van der Waals surface area contributed by atoms with E-state index in [1.807, 2.05) is 32.9 Å². The van der Waals surface area contributed by atoms with Gasteiger partial charge in [-0.15, -0.1) is 0 Å². The summed E-state index contributed by atoms with van der Waals surface area (Å²) in [5.41, 5.74) is 2.59. The molecule has 1 amide bonds. The molecule has 0 heterocycles. The maximum atomic E-state index is 12.2. The van der Waals surface area contributed by atoms with Gasteiger partial charge < -0.3 is 14.8 Å². The van der Waals surface area contributed by atoms with Crippen LogP contribution in [0.15, 0.2) is 36.4 Å². The number of rotatable bonds is 7. The van der Waals surface area contributed by atoms with E-state index in [9.17, 15) is 9.59 Å². The van der Waals surface area contributed by atoms with E-state index >= 15 is 0 Å². The predicted molar refractivity (Wildman–Crippen MR) is 111 cm³/mol. The van der Waals surface area contributed by atoms with Crippen molar-refractivity contribution in [2.75, 3.05) is 11.9 Å². The average Bonchev–Trinajstić information content (AvgIpc) is 2.68. The van der Waals surface area contributed by atoms with E-state index < -0.39 is 18.0 Å². The molecule has 0 aliphatic heterocycles. The van der Waals surface area contributed by atoms with Crippen LogP contribution < -0.4 is 10.1 Å². The second-order valence-corrected chi connectivity index (χ2v) is 7.30. The highest BCUT2D eigenvalue weighted by Gasteiger charge is 2.19. The Labute approximate surface area is 175 Å². The lowest BCUT2D eigenvalue weighted by Gasteiger charge is -2.17. The van der Waals surface area contributed by atoms with Crippen LogP contribution in [0.5, 0.6) is 5.75 Å². The molecule has 1 atom stereocenters. The van der Waals surface area contributed by atoms with Crippen LogP contribution in [0.3, 0.4) is 0 Å². The van der Waals surface area contributed by atoms with Gasteiger partial charge in [-0.3, -0.25) is 4.79 Å². The smallest absolute Gasteiger partial charge is 0.344 e. The van der Waals surface area contributed by atoms with Crippen molar-refractivity contribution in [2.45, 2.75) is 39.7 Å². The van der Waals surface area contributed by atoms with Gasteiger partial charge in [0.1, 0.15) is 5.75 Å². The molecule has 0 radical (unpaired) electrons. The normalized spacial score (nSPS) is 11.5. The molecule has 2 aromatic rings. The van der Waals surface area contributed by atoms with Crippen molar-refractivity contribution in [3.8, 4) is 11.8 Å². The number of nitriles is 1. The highest BCUT2D eigenvalue weighted by molar-refractivity contribution is 6.31. The van der Waals surface area contributed by atoms with Crippen molar-refractivity contribution in [1.82, 2.24) is 0 Å². The Morgan fingerprint density at radius 1 is 1.21 bits per heavy atom. The minimum atomic E-state index is -1.02. The molecule has 0 fully saturated rings. The van der Waals surface area contributed by atoms with Crippen LogP contribution in [-0.4, -0.2) is 24.6 Å². The van der Waals surface area contributed by atoms with Crippen LogP contribution in [0.2, 0.25) is 5.02 Å². The Balaban J connectivity index is 1.94. The lowest BCUT2D eigenvalue weighted by Crippen LogP contribution is -2.31. The summed E-state index contributed by atoms with van der Waals surface area (Å²) in [5, 5.41) is 12.2. The first-order valence-corrected chi connectivity index (χ1v) is 9.52. The SMILES string of the molecule is Cc1cc(OCC(=O)O[C@@H](C)C(=O)Nc2cccc(C#N)c2)c(C(C)C)cc1Cl.